The third-order valence-corrected chi connectivity index (χ3v) is 6.05. The van der Waals surface area contributed by atoms with E-state index in [1.807, 2.05) is 36.6 Å². The average Bonchev–Trinajstić information content (AvgIpc) is 3.27. The first-order valence-corrected chi connectivity index (χ1v) is 11.3. The number of nitrogens with zero attached hydrogens (tertiary/aromatic N) is 3. The zero-order valence-electron chi connectivity index (χ0n) is 17.1. The summed E-state index contributed by atoms with van der Waals surface area (Å²) >= 11 is 13.7. The number of halogens is 2. The summed E-state index contributed by atoms with van der Waals surface area (Å²) in [5.41, 5.74) is 3.68. The molecule has 4 rings (SSSR count). The molecule has 2 aromatic carbocycles. The second kappa shape index (κ2) is 8.86. The normalized spacial score (nSPS) is 11.3. The van der Waals surface area contributed by atoms with Gasteiger partial charge in [0.25, 0.3) is 11.9 Å². The molecule has 0 aliphatic rings. The van der Waals surface area contributed by atoms with Gasteiger partial charge in [0.05, 0.1) is 10.7 Å². The number of amides is 1. The highest BCUT2D eigenvalue weighted by molar-refractivity contribution is 7.15. The molecule has 0 unspecified atom stereocenters. The number of aryl methyl sites for hydroxylation is 1. The predicted octanol–water partition coefficient (Wildman–Crippen LogP) is 6.21. The highest BCUT2D eigenvalue weighted by atomic mass is 35.5. The van der Waals surface area contributed by atoms with Crippen LogP contribution < -0.4 is 10.1 Å². The lowest BCUT2D eigenvalue weighted by atomic mass is 10.0. The Labute approximate surface area is 193 Å². The van der Waals surface area contributed by atoms with Crippen molar-refractivity contribution in [3.63, 3.8) is 0 Å². The third kappa shape index (κ3) is 4.69. The Morgan fingerprint density at radius 2 is 2.03 bits per heavy atom. The fourth-order valence-corrected chi connectivity index (χ4v) is 4.49. The van der Waals surface area contributed by atoms with Gasteiger partial charge < -0.3 is 4.74 Å². The van der Waals surface area contributed by atoms with Crippen molar-refractivity contribution in [1.29, 1.82) is 0 Å². The zero-order chi connectivity index (χ0) is 22.1. The maximum absolute atomic E-state index is 12.4. The summed E-state index contributed by atoms with van der Waals surface area (Å²) in [5.74, 6) is 0.877. The van der Waals surface area contributed by atoms with E-state index in [0.29, 0.717) is 26.7 Å². The van der Waals surface area contributed by atoms with Crippen LogP contribution in [0.25, 0.3) is 16.2 Å². The number of hydrogen-bond donors (Lipinski definition) is 1. The summed E-state index contributed by atoms with van der Waals surface area (Å²) < 4.78 is 7.43. The monoisotopic (exact) mass is 474 g/mol. The van der Waals surface area contributed by atoms with Crippen LogP contribution in [0.4, 0.5) is 5.95 Å². The second-order valence-corrected chi connectivity index (χ2v) is 9.09. The molecule has 2 aromatic heterocycles. The molecular weight excluding hydrogens is 455 g/mol. The Hall–Kier alpha value is -2.61. The minimum absolute atomic E-state index is 0.133. The molecule has 0 spiro atoms. The fraction of sp³-hybridized carbons (Fsp3) is 0.227. The molecule has 6 nitrogen and oxygen atoms in total. The van der Waals surface area contributed by atoms with Gasteiger partial charge in [-0.1, -0.05) is 49.2 Å². The first kappa shape index (κ1) is 21.6. The van der Waals surface area contributed by atoms with E-state index in [-0.39, 0.29) is 18.5 Å². The van der Waals surface area contributed by atoms with E-state index in [4.69, 9.17) is 27.9 Å². The molecule has 0 aliphatic heterocycles. The largest absolute Gasteiger partial charge is 0.483 e. The molecule has 9 heteroatoms. The van der Waals surface area contributed by atoms with Crippen LogP contribution >= 0.6 is 34.5 Å². The first-order chi connectivity index (χ1) is 14.8. The molecule has 0 fully saturated rings. The van der Waals surface area contributed by atoms with Crippen LogP contribution in [0, 0.1) is 6.92 Å². The van der Waals surface area contributed by atoms with E-state index in [0.717, 1.165) is 22.4 Å². The number of hydrogen-bond acceptors (Lipinski definition) is 5. The van der Waals surface area contributed by atoms with Crippen LogP contribution in [-0.2, 0) is 4.79 Å². The van der Waals surface area contributed by atoms with Crippen molar-refractivity contribution in [2.24, 2.45) is 0 Å². The lowest BCUT2D eigenvalue weighted by Crippen LogP contribution is -2.21. The molecule has 31 heavy (non-hydrogen) atoms. The van der Waals surface area contributed by atoms with E-state index in [9.17, 15) is 4.79 Å². The number of anilines is 1. The topological polar surface area (TPSA) is 68.5 Å². The summed E-state index contributed by atoms with van der Waals surface area (Å²) in [7, 11) is 0. The van der Waals surface area contributed by atoms with Crippen LogP contribution in [0.3, 0.4) is 0 Å². The number of carbonyl (C=O) groups excluding carboxylic acids is 1. The van der Waals surface area contributed by atoms with Crippen molar-refractivity contribution in [1.82, 2.24) is 14.6 Å². The summed E-state index contributed by atoms with van der Waals surface area (Å²) in [6.45, 7) is 6.03. The van der Waals surface area contributed by atoms with Crippen molar-refractivity contribution in [2.45, 2.75) is 26.7 Å². The number of fused-ring (bicyclic) bond motifs is 1. The number of benzene rings is 2. The maximum atomic E-state index is 12.4. The highest BCUT2D eigenvalue weighted by Crippen LogP contribution is 2.33. The molecule has 0 atom stereocenters. The van der Waals surface area contributed by atoms with Crippen LogP contribution in [-0.4, -0.2) is 27.1 Å². The highest BCUT2D eigenvalue weighted by Gasteiger charge is 2.16. The van der Waals surface area contributed by atoms with Crippen LogP contribution in [0.2, 0.25) is 10.0 Å². The van der Waals surface area contributed by atoms with Crippen molar-refractivity contribution in [2.75, 3.05) is 11.9 Å². The van der Waals surface area contributed by atoms with Gasteiger partial charge >= 0.3 is 0 Å². The van der Waals surface area contributed by atoms with E-state index in [2.05, 4.69) is 29.2 Å². The SMILES string of the molecule is Cc1ccc(C(C)C)c(OCC(=O)Nc2nc3scc(-c4ccc(Cl)cc4Cl)n3n2)c1. The molecule has 0 saturated carbocycles. The zero-order valence-corrected chi connectivity index (χ0v) is 19.5. The van der Waals surface area contributed by atoms with Crippen LogP contribution in [0.1, 0.15) is 30.9 Å². The van der Waals surface area contributed by atoms with Crippen LogP contribution in [0.5, 0.6) is 5.75 Å². The molecule has 4 aromatic rings. The van der Waals surface area contributed by atoms with Gasteiger partial charge in [0.1, 0.15) is 5.75 Å². The molecule has 1 amide bonds. The number of aromatic nitrogens is 3. The third-order valence-electron chi connectivity index (χ3n) is 4.69. The Bertz CT molecular complexity index is 1270. The summed E-state index contributed by atoms with van der Waals surface area (Å²) in [4.78, 5) is 17.5. The van der Waals surface area contributed by atoms with Gasteiger partial charge in [0.15, 0.2) is 6.61 Å². The van der Waals surface area contributed by atoms with E-state index >= 15 is 0 Å². The molecule has 0 aliphatic carbocycles. The van der Waals surface area contributed by atoms with Gasteiger partial charge in [-0.15, -0.1) is 16.4 Å². The smallest absolute Gasteiger partial charge is 0.264 e. The molecule has 1 N–H and O–H groups in total. The van der Waals surface area contributed by atoms with Gasteiger partial charge in [-0.2, -0.15) is 4.98 Å². The molecule has 160 valence electrons. The van der Waals surface area contributed by atoms with Crippen molar-refractivity contribution in [3.8, 4) is 17.0 Å². The number of rotatable bonds is 6. The number of thiazole rings is 1. The van der Waals surface area contributed by atoms with Crippen molar-refractivity contribution in [3.05, 3.63) is 63.0 Å². The van der Waals surface area contributed by atoms with Gasteiger partial charge in [-0.25, -0.2) is 4.52 Å². The lowest BCUT2D eigenvalue weighted by molar-refractivity contribution is -0.118. The average molecular weight is 475 g/mol. The second-order valence-electron chi connectivity index (χ2n) is 7.41. The van der Waals surface area contributed by atoms with E-state index in [1.54, 1.807) is 16.6 Å². The van der Waals surface area contributed by atoms with E-state index < -0.39 is 0 Å². The molecule has 2 heterocycles. The Morgan fingerprint density at radius 1 is 1.23 bits per heavy atom. The van der Waals surface area contributed by atoms with Gasteiger partial charge in [0.2, 0.25) is 4.96 Å². The minimum Gasteiger partial charge on any atom is -0.483 e. The molecule has 0 radical (unpaired) electrons. The molecular formula is C22H20Cl2N4O2S. The van der Waals surface area contributed by atoms with Crippen molar-refractivity contribution < 1.29 is 9.53 Å². The molecule has 0 saturated heterocycles. The first-order valence-electron chi connectivity index (χ1n) is 9.64. The standard InChI is InChI=1S/C22H20Cl2N4O2S/c1-12(2)15-6-4-13(3)8-19(15)30-10-20(29)25-21-26-22-28(27-21)18(11-31-22)16-7-5-14(23)9-17(16)24/h4-9,11-12H,10H2,1-3H3,(H,25,27,29). The van der Waals surface area contributed by atoms with Crippen molar-refractivity contribution >= 4 is 51.4 Å². The van der Waals surface area contributed by atoms with Gasteiger partial charge in [0, 0.05) is 16.0 Å². The Balaban J connectivity index is 1.49. The lowest BCUT2D eigenvalue weighted by Gasteiger charge is -2.14. The summed E-state index contributed by atoms with van der Waals surface area (Å²) in [6.07, 6.45) is 0. The number of carbonyl (C=O) groups is 1. The number of nitrogens with one attached hydrogen (secondary N) is 1. The Kier molecular flexibility index (Phi) is 6.18. The number of ether oxygens (including phenoxy) is 1. The fourth-order valence-electron chi connectivity index (χ4n) is 3.16. The summed E-state index contributed by atoms with van der Waals surface area (Å²) in [5, 5.41) is 10.1. The van der Waals surface area contributed by atoms with Gasteiger partial charge in [-0.3, -0.25) is 10.1 Å². The maximum Gasteiger partial charge on any atom is 0.264 e. The van der Waals surface area contributed by atoms with E-state index in [1.165, 1.54) is 11.3 Å². The Morgan fingerprint density at radius 3 is 2.77 bits per heavy atom. The predicted molar refractivity (Wildman–Crippen MR) is 126 cm³/mol. The minimum atomic E-state index is -0.333. The molecule has 0 bridgehead atoms. The quantitative estimate of drug-likeness (QED) is 0.360. The van der Waals surface area contributed by atoms with Gasteiger partial charge in [-0.05, 0) is 48.2 Å². The van der Waals surface area contributed by atoms with Crippen LogP contribution in [0.15, 0.2) is 41.8 Å². The summed E-state index contributed by atoms with van der Waals surface area (Å²) in [6, 6.07) is 11.3.